The van der Waals surface area contributed by atoms with Crippen molar-refractivity contribution in [2.24, 2.45) is 5.92 Å². The van der Waals surface area contributed by atoms with Crippen molar-refractivity contribution >= 4 is 5.91 Å². The average molecular weight is 262 g/mol. The van der Waals surface area contributed by atoms with Gasteiger partial charge in [0.1, 0.15) is 5.82 Å². The summed E-state index contributed by atoms with van der Waals surface area (Å²) in [6, 6.07) is 8.47. The molecule has 0 aliphatic rings. The van der Waals surface area contributed by atoms with Gasteiger partial charge in [-0.05, 0) is 31.4 Å². The third-order valence-electron chi connectivity index (χ3n) is 3.04. The molecule has 0 unspecified atom stereocenters. The van der Waals surface area contributed by atoms with Crippen LogP contribution in [0, 0.1) is 23.1 Å². The van der Waals surface area contributed by atoms with Crippen LogP contribution in [0.1, 0.15) is 32.3 Å². The zero-order valence-electron chi connectivity index (χ0n) is 11.3. The first kappa shape index (κ1) is 15.2. The zero-order chi connectivity index (χ0) is 14.3. The first-order chi connectivity index (χ1) is 9.04. The van der Waals surface area contributed by atoms with E-state index in [1.165, 1.54) is 6.07 Å². The molecule has 1 N–H and O–H groups in total. The molecule has 1 amide bonds. The quantitative estimate of drug-likeness (QED) is 0.857. The van der Waals surface area contributed by atoms with E-state index < -0.39 is 0 Å². The highest BCUT2D eigenvalue weighted by atomic mass is 19.1. The highest BCUT2D eigenvalue weighted by Gasteiger charge is 2.15. The lowest BCUT2D eigenvalue weighted by Gasteiger charge is -2.15. The number of rotatable bonds is 6. The standard InChI is InChI=1S/C15H19FN2O/c1-11(15(19)18-12(2)9-10-17)7-8-13-5-3-4-6-14(13)16/h3-6,11-12H,7-9H2,1-2H3,(H,18,19)/t11-,12-/m0/s1. The number of nitriles is 1. The maximum absolute atomic E-state index is 13.4. The minimum atomic E-state index is -0.229. The average Bonchev–Trinajstić information content (AvgIpc) is 2.37. The molecule has 1 aromatic carbocycles. The Morgan fingerprint density at radius 2 is 2.11 bits per heavy atom. The van der Waals surface area contributed by atoms with E-state index in [0.29, 0.717) is 24.8 Å². The lowest BCUT2D eigenvalue weighted by Crippen LogP contribution is -2.36. The fraction of sp³-hybridized carbons (Fsp3) is 0.467. The third-order valence-corrected chi connectivity index (χ3v) is 3.04. The number of nitrogens with one attached hydrogen (secondary N) is 1. The first-order valence-corrected chi connectivity index (χ1v) is 6.45. The molecule has 0 aliphatic heterocycles. The predicted octanol–water partition coefficient (Wildman–Crippen LogP) is 2.81. The van der Waals surface area contributed by atoms with Gasteiger partial charge >= 0.3 is 0 Å². The van der Waals surface area contributed by atoms with Crippen molar-refractivity contribution in [3.8, 4) is 6.07 Å². The van der Waals surface area contributed by atoms with Gasteiger partial charge < -0.3 is 5.32 Å². The molecule has 19 heavy (non-hydrogen) atoms. The fourth-order valence-electron chi connectivity index (χ4n) is 1.78. The second-order valence-electron chi connectivity index (χ2n) is 4.80. The van der Waals surface area contributed by atoms with Crippen LogP contribution in [0.25, 0.3) is 0 Å². The van der Waals surface area contributed by atoms with Gasteiger partial charge in [-0.25, -0.2) is 4.39 Å². The molecular weight excluding hydrogens is 243 g/mol. The monoisotopic (exact) mass is 262 g/mol. The molecule has 3 nitrogen and oxygen atoms in total. The summed E-state index contributed by atoms with van der Waals surface area (Å²) in [5.74, 6) is -0.507. The molecule has 0 fully saturated rings. The Bertz CT molecular complexity index is 467. The van der Waals surface area contributed by atoms with E-state index in [0.717, 1.165) is 0 Å². The van der Waals surface area contributed by atoms with Crippen molar-refractivity contribution in [2.75, 3.05) is 0 Å². The number of carbonyl (C=O) groups is 1. The summed E-state index contributed by atoms with van der Waals surface area (Å²) in [5.41, 5.74) is 0.632. The van der Waals surface area contributed by atoms with Crippen molar-refractivity contribution in [1.82, 2.24) is 5.32 Å². The lowest BCUT2D eigenvalue weighted by atomic mass is 9.99. The number of carbonyl (C=O) groups excluding carboxylic acids is 1. The summed E-state index contributed by atoms with van der Waals surface area (Å²) in [7, 11) is 0. The molecule has 0 aliphatic carbocycles. The summed E-state index contributed by atoms with van der Waals surface area (Å²) in [6.45, 7) is 3.61. The summed E-state index contributed by atoms with van der Waals surface area (Å²) in [4.78, 5) is 11.8. The molecule has 0 aromatic heterocycles. The molecule has 0 bridgehead atoms. The fourth-order valence-corrected chi connectivity index (χ4v) is 1.78. The molecular formula is C15H19FN2O. The van der Waals surface area contributed by atoms with E-state index in [2.05, 4.69) is 5.32 Å². The molecule has 0 radical (unpaired) electrons. The molecule has 102 valence electrons. The van der Waals surface area contributed by atoms with Crippen LogP contribution in [0.15, 0.2) is 24.3 Å². The van der Waals surface area contributed by atoms with Gasteiger partial charge in [-0.15, -0.1) is 0 Å². The molecule has 0 saturated heterocycles. The number of hydrogen-bond acceptors (Lipinski definition) is 2. The van der Waals surface area contributed by atoms with Crippen LogP contribution < -0.4 is 5.32 Å². The maximum atomic E-state index is 13.4. The van der Waals surface area contributed by atoms with E-state index in [1.54, 1.807) is 25.1 Å². The van der Waals surface area contributed by atoms with Crippen LogP contribution >= 0.6 is 0 Å². The highest BCUT2D eigenvalue weighted by Crippen LogP contribution is 2.13. The summed E-state index contributed by atoms with van der Waals surface area (Å²) >= 11 is 0. The van der Waals surface area contributed by atoms with Crippen molar-refractivity contribution in [3.63, 3.8) is 0 Å². The molecule has 0 heterocycles. The van der Waals surface area contributed by atoms with Crippen molar-refractivity contribution < 1.29 is 9.18 Å². The van der Waals surface area contributed by atoms with Gasteiger partial charge in [-0.3, -0.25) is 4.79 Å². The van der Waals surface area contributed by atoms with Gasteiger partial charge in [0.05, 0.1) is 12.5 Å². The van der Waals surface area contributed by atoms with E-state index in [1.807, 2.05) is 13.0 Å². The van der Waals surface area contributed by atoms with Gasteiger partial charge in [-0.1, -0.05) is 25.1 Å². The second-order valence-corrected chi connectivity index (χ2v) is 4.80. The lowest BCUT2D eigenvalue weighted by molar-refractivity contribution is -0.125. The zero-order valence-corrected chi connectivity index (χ0v) is 11.3. The minimum absolute atomic E-state index is 0.0842. The number of nitrogens with zero attached hydrogens (tertiary/aromatic N) is 1. The Labute approximate surface area is 113 Å². The van der Waals surface area contributed by atoms with Crippen LogP contribution in [0.4, 0.5) is 4.39 Å². The van der Waals surface area contributed by atoms with Crippen LogP contribution in [0.2, 0.25) is 0 Å². The molecule has 0 saturated carbocycles. The first-order valence-electron chi connectivity index (χ1n) is 6.45. The van der Waals surface area contributed by atoms with Gasteiger partial charge in [0.2, 0.25) is 5.91 Å². The SMILES string of the molecule is C[C@@H](CC#N)NC(=O)[C@@H](C)CCc1ccccc1F. The van der Waals surface area contributed by atoms with Crippen LogP contribution in [-0.2, 0) is 11.2 Å². The smallest absolute Gasteiger partial charge is 0.223 e. The Morgan fingerprint density at radius 3 is 2.74 bits per heavy atom. The number of benzene rings is 1. The Morgan fingerprint density at radius 1 is 1.42 bits per heavy atom. The molecule has 4 heteroatoms. The number of halogens is 1. The normalized spacial score (nSPS) is 13.4. The molecule has 0 spiro atoms. The van der Waals surface area contributed by atoms with Crippen molar-refractivity contribution in [2.45, 2.75) is 39.2 Å². The Kier molecular flexibility index (Phi) is 6.01. The van der Waals surface area contributed by atoms with Gasteiger partial charge in [0.15, 0.2) is 0 Å². The summed E-state index contributed by atoms with van der Waals surface area (Å²) in [6.07, 6.45) is 1.42. The summed E-state index contributed by atoms with van der Waals surface area (Å²) in [5, 5.41) is 11.3. The van der Waals surface area contributed by atoms with Gasteiger partial charge in [0.25, 0.3) is 0 Å². The Balaban J connectivity index is 2.43. The predicted molar refractivity (Wildman–Crippen MR) is 71.7 cm³/mol. The number of amides is 1. The van der Waals surface area contributed by atoms with Gasteiger partial charge in [-0.2, -0.15) is 5.26 Å². The van der Waals surface area contributed by atoms with Crippen LogP contribution in [0.3, 0.4) is 0 Å². The topological polar surface area (TPSA) is 52.9 Å². The van der Waals surface area contributed by atoms with Crippen LogP contribution in [0.5, 0.6) is 0 Å². The Hall–Kier alpha value is -1.89. The minimum Gasteiger partial charge on any atom is -0.352 e. The van der Waals surface area contributed by atoms with Gasteiger partial charge in [0, 0.05) is 12.0 Å². The highest BCUT2D eigenvalue weighted by molar-refractivity contribution is 5.78. The second kappa shape index (κ2) is 7.52. The van der Waals surface area contributed by atoms with E-state index in [4.69, 9.17) is 5.26 Å². The number of aryl methyl sites for hydroxylation is 1. The van der Waals surface area contributed by atoms with Crippen LogP contribution in [-0.4, -0.2) is 11.9 Å². The molecule has 2 atom stereocenters. The summed E-state index contributed by atoms with van der Waals surface area (Å²) < 4.78 is 13.4. The molecule has 1 aromatic rings. The maximum Gasteiger partial charge on any atom is 0.223 e. The largest absolute Gasteiger partial charge is 0.352 e. The van der Waals surface area contributed by atoms with Crippen molar-refractivity contribution in [1.29, 1.82) is 5.26 Å². The number of hydrogen-bond donors (Lipinski definition) is 1. The van der Waals surface area contributed by atoms with Crippen molar-refractivity contribution in [3.05, 3.63) is 35.6 Å². The molecule has 1 rings (SSSR count). The van der Waals surface area contributed by atoms with E-state index in [-0.39, 0.29) is 23.7 Å². The van der Waals surface area contributed by atoms with E-state index in [9.17, 15) is 9.18 Å². The third kappa shape index (κ3) is 5.09. The van der Waals surface area contributed by atoms with E-state index >= 15 is 0 Å².